The van der Waals surface area contributed by atoms with Crippen molar-refractivity contribution in [3.8, 4) is 0 Å². The van der Waals surface area contributed by atoms with Crippen LogP contribution in [0.1, 0.15) is 45.0 Å². The fourth-order valence-corrected chi connectivity index (χ4v) is 2.97. The second-order valence-electron chi connectivity index (χ2n) is 7.47. The van der Waals surface area contributed by atoms with E-state index in [0.717, 1.165) is 5.69 Å². The molecule has 1 unspecified atom stereocenters. The monoisotopic (exact) mass is 363 g/mol. The van der Waals surface area contributed by atoms with Crippen LogP contribution in [-0.2, 0) is 9.47 Å². The van der Waals surface area contributed by atoms with Crippen LogP contribution in [-0.4, -0.2) is 54.8 Å². The lowest BCUT2D eigenvalue weighted by Gasteiger charge is -2.41. The Morgan fingerprint density at radius 1 is 1.27 bits per heavy atom. The topological polar surface area (TPSA) is 85.1 Å². The van der Waals surface area contributed by atoms with E-state index in [0.29, 0.717) is 37.5 Å². The van der Waals surface area contributed by atoms with Gasteiger partial charge in [0.25, 0.3) is 0 Å². The van der Waals surface area contributed by atoms with Gasteiger partial charge in [0.1, 0.15) is 5.60 Å². The summed E-state index contributed by atoms with van der Waals surface area (Å²) in [5, 5.41) is 0. The van der Waals surface area contributed by atoms with E-state index in [4.69, 9.17) is 15.2 Å². The Hall–Kier alpha value is -2.44. The average Bonchev–Trinajstić information content (AvgIpc) is 2.53. The van der Waals surface area contributed by atoms with E-state index in [1.54, 1.807) is 24.0 Å². The average molecular weight is 363 g/mol. The van der Waals surface area contributed by atoms with E-state index in [9.17, 15) is 9.59 Å². The maximum atomic E-state index is 12.4. The van der Waals surface area contributed by atoms with E-state index in [1.165, 1.54) is 0 Å². The van der Waals surface area contributed by atoms with Gasteiger partial charge in [-0.25, -0.2) is 9.59 Å². The minimum absolute atomic E-state index is 0.0498. The number of anilines is 2. The molecular formula is C19H29N3O4. The molecule has 1 aromatic carbocycles. The molecule has 1 aliphatic rings. The summed E-state index contributed by atoms with van der Waals surface area (Å²) < 4.78 is 10.6. The molecule has 2 rings (SSSR count). The SMILES string of the molecule is CCOC(=O)c1cc(N)ccc1N1CCN(C(=O)OC(C)(C)C)C(C)C1. The molecule has 0 saturated carbocycles. The molecule has 1 aromatic rings. The van der Waals surface area contributed by atoms with Crippen LogP contribution in [0.25, 0.3) is 0 Å². The van der Waals surface area contributed by atoms with E-state index in [1.807, 2.05) is 33.8 Å². The predicted molar refractivity (Wildman–Crippen MR) is 101 cm³/mol. The number of carbonyl (C=O) groups is 2. The first-order valence-corrected chi connectivity index (χ1v) is 8.93. The van der Waals surface area contributed by atoms with E-state index >= 15 is 0 Å². The summed E-state index contributed by atoms with van der Waals surface area (Å²) in [5.41, 5.74) is 7.05. The van der Waals surface area contributed by atoms with E-state index < -0.39 is 11.6 Å². The van der Waals surface area contributed by atoms with Gasteiger partial charge in [0, 0.05) is 31.4 Å². The molecule has 1 saturated heterocycles. The lowest BCUT2D eigenvalue weighted by molar-refractivity contribution is 0.0158. The molecule has 144 valence electrons. The quantitative estimate of drug-likeness (QED) is 0.656. The van der Waals surface area contributed by atoms with Crippen molar-refractivity contribution in [2.24, 2.45) is 0 Å². The summed E-state index contributed by atoms with van der Waals surface area (Å²) in [4.78, 5) is 28.5. The third-order valence-electron chi connectivity index (χ3n) is 4.11. The minimum Gasteiger partial charge on any atom is -0.462 e. The highest BCUT2D eigenvalue weighted by molar-refractivity contribution is 5.97. The van der Waals surface area contributed by atoms with Crippen LogP contribution in [0.3, 0.4) is 0 Å². The molecule has 1 amide bonds. The highest BCUT2D eigenvalue weighted by atomic mass is 16.6. The maximum Gasteiger partial charge on any atom is 0.410 e. The number of carbonyl (C=O) groups excluding carboxylic acids is 2. The molecule has 1 fully saturated rings. The Morgan fingerprint density at radius 2 is 1.96 bits per heavy atom. The Labute approximate surface area is 155 Å². The van der Waals surface area contributed by atoms with Crippen molar-refractivity contribution in [3.63, 3.8) is 0 Å². The summed E-state index contributed by atoms with van der Waals surface area (Å²) in [5.74, 6) is -0.392. The van der Waals surface area contributed by atoms with Gasteiger partial charge in [-0.2, -0.15) is 0 Å². The predicted octanol–water partition coefficient (Wildman–Crippen LogP) is 2.89. The Morgan fingerprint density at radius 3 is 2.54 bits per heavy atom. The Balaban J connectivity index is 2.16. The van der Waals surface area contributed by atoms with Crippen molar-refractivity contribution in [2.45, 2.75) is 46.3 Å². The molecule has 0 bridgehead atoms. The molecule has 0 aromatic heterocycles. The maximum absolute atomic E-state index is 12.4. The first kappa shape index (κ1) is 19.9. The molecule has 1 atom stereocenters. The summed E-state index contributed by atoms with van der Waals surface area (Å²) in [6.07, 6.45) is -0.312. The molecule has 0 radical (unpaired) electrons. The van der Waals surface area contributed by atoms with Gasteiger partial charge in [-0.05, 0) is 52.8 Å². The fraction of sp³-hybridized carbons (Fsp3) is 0.579. The minimum atomic E-state index is -0.526. The smallest absolute Gasteiger partial charge is 0.410 e. The summed E-state index contributed by atoms with van der Waals surface area (Å²) in [7, 11) is 0. The number of ether oxygens (including phenoxy) is 2. The van der Waals surface area contributed by atoms with Crippen molar-refractivity contribution < 1.29 is 19.1 Å². The second kappa shape index (κ2) is 7.85. The van der Waals surface area contributed by atoms with Gasteiger partial charge in [0.15, 0.2) is 0 Å². The molecule has 2 N–H and O–H groups in total. The van der Waals surface area contributed by atoms with Gasteiger partial charge in [-0.1, -0.05) is 0 Å². The normalized spacial score (nSPS) is 17.8. The van der Waals surface area contributed by atoms with Crippen molar-refractivity contribution >= 4 is 23.4 Å². The zero-order valence-corrected chi connectivity index (χ0v) is 16.2. The number of hydrogen-bond donors (Lipinski definition) is 1. The molecular weight excluding hydrogens is 334 g/mol. The number of nitrogens with zero attached hydrogens (tertiary/aromatic N) is 2. The zero-order valence-electron chi connectivity index (χ0n) is 16.2. The standard InChI is InChI=1S/C19H29N3O4/c1-6-25-17(23)15-11-14(20)7-8-16(15)21-9-10-22(13(2)12-21)18(24)26-19(3,4)5/h7-8,11,13H,6,9-10,12,20H2,1-5H3. The summed E-state index contributed by atoms with van der Waals surface area (Å²) >= 11 is 0. The van der Waals surface area contributed by atoms with Crippen molar-refractivity contribution in [1.29, 1.82) is 0 Å². The second-order valence-corrected chi connectivity index (χ2v) is 7.47. The number of nitrogens with two attached hydrogens (primary N) is 1. The van der Waals surface area contributed by atoms with Crippen LogP contribution in [0, 0.1) is 0 Å². The van der Waals surface area contributed by atoms with Gasteiger partial charge in [-0.3, -0.25) is 0 Å². The lowest BCUT2D eigenvalue weighted by atomic mass is 10.1. The summed E-state index contributed by atoms with van der Waals surface area (Å²) in [6.45, 7) is 11.3. The van der Waals surface area contributed by atoms with Crippen molar-refractivity contribution in [1.82, 2.24) is 4.90 Å². The lowest BCUT2D eigenvalue weighted by Crippen LogP contribution is -2.55. The Kier molecular flexibility index (Phi) is 6.00. The van der Waals surface area contributed by atoms with Gasteiger partial charge >= 0.3 is 12.1 Å². The largest absolute Gasteiger partial charge is 0.462 e. The van der Waals surface area contributed by atoms with Gasteiger partial charge in [0.2, 0.25) is 0 Å². The number of piperazine rings is 1. The molecule has 0 aliphatic carbocycles. The molecule has 1 aliphatic heterocycles. The number of rotatable bonds is 3. The van der Waals surface area contributed by atoms with Crippen LogP contribution in [0.5, 0.6) is 0 Å². The van der Waals surface area contributed by atoms with Crippen molar-refractivity contribution in [2.75, 3.05) is 36.9 Å². The van der Waals surface area contributed by atoms with E-state index in [-0.39, 0.29) is 12.1 Å². The van der Waals surface area contributed by atoms with Crippen LogP contribution in [0.4, 0.5) is 16.2 Å². The first-order chi connectivity index (χ1) is 12.1. The molecule has 0 spiro atoms. The van der Waals surface area contributed by atoms with Gasteiger partial charge < -0.3 is 25.0 Å². The first-order valence-electron chi connectivity index (χ1n) is 8.93. The van der Waals surface area contributed by atoms with Crippen LogP contribution in [0.15, 0.2) is 18.2 Å². The highest BCUT2D eigenvalue weighted by Crippen LogP contribution is 2.27. The van der Waals surface area contributed by atoms with Crippen LogP contribution >= 0.6 is 0 Å². The molecule has 1 heterocycles. The number of nitrogen functional groups attached to an aromatic ring is 1. The van der Waals surface area contributed by atoms with Crippen LogP contribution < -0.4 is 10.6 Å². The van der Waals surface area contributed by atoms with E-state index in [2.05, 4.69) is 4.90 Å². The van der Waals surface area contributed by atoms with Gasteiger partial charge in [0.05, 0.1) is 17.9 Å². The van der Waals surface area contributed by atoms with Crippen LogP contribution in [0.2, 0.25) is 0 Å². The molecule has 7 nitrogen and oxygen atoms in total. The number of esters is 1. The highest BCUT2D eigenvalue weighted by Gasteiger charge is 2.32. The molecule has 7 heteroatoms. The van der Waals surface area contributed by atoms with Crippen molar-refractivity contribution in [3.05, 3.63) is 23.8 Å². The number of amides is 1. The third-order valence-corrected chi connectivity index (χ3v) is 4.11. The van der Waals surface area contributed by atoms with Gasteiger partial charge in [-0.15, -0.1) is 0 Å². The Bertz CT molecular complexity index is 669. The summed E-state index contributed by atoms with van der Waals surface area (Å²) in [6, 6.07) is 5.18. The number of hydrogen-bond acceptors (Lipinski definition) is 6. The third kappa shape index (κ3) is 4.80. The fourth-order valence-electron chi connectivity index (χ4n) is 2.97. The molecule has 26 heavy (non-hydrogen) atoms. The zero-order chi connectivity index (χ0) is 19.5. The number of benzene rings is 1.